The molecule has 5 amide bonds. The number of carbonyl (C=O) groups excluding carboxylic acids is 17. The summed E-state index contributed by atoms with van der Waals surface area (Å²) in [4.78, 5) is 217. The van der Waals surface area contributed by atoms with E-state index >= 15 is 0 Å². The minimum absolute atomic E-state index is 0.202. The van der Waals surface area contributed by atoms with Crippen LogP contribution in [-0.4, -0.2) is 265 Å². The fraction of sp³-hybridized carbons (Fsp3) is 0.662. The third-order valence-electron chi connectivity index (χ3n) is 15.5. The lowest BCUT2D eigenvalue weighted by Crippen LogP contribution is -2.63. The Morgan fingerprint density at radius 1 is 0.330 bits per heavy atom. The maximum Gasteiger partial charge on any atom is 0.407 e. The highest BCUT2D eigenvalue weighted by atomic mass is 16.8. The zero-order valence-corrected chi connectivity index (χ0v) is 62.3. The number of amides is 5. The Balaban J connectivity index is 1.67. The van der Waals surface area contributed by atoms with E-state index in [4.69, 9.17) is 90.0 Å². The van der Waals surface area contributed by atoms with Gasteiger partial charge in [0.15, 0.2) is 73.8 Å². The molecule has 0 radical (unpaired) electrons. The summed E-state index contributed by atoms with van der Waals surface area (Å²) in [5.41, 5.74) is -1.16. The van der Waals surface area contributed by atoms with E-state index < -0.39 is 264 Å². The van der Waals surface area contributed by atoms with Crippen molar-refractivity contribution >= 4 is 101 Å². The molecule has 0 spiro atoms. The van der Waals surface area contributed by atoms with Gasteiger partial charge in [0, 0.05) is 128 Å². The van der Waals surface area contributed by atoms with Crippen LogP contribution in [0.2, 0.25) is 0 Å². The molecule has 15 atom stereocenters. The predicted octanol–water partition coefficient (Wildman–Crippen LogP) is -1.24. The van der Waals surface area contributed by atoms with E-state index in [2.05, 4.69) is 26.6 Å². The van der Waals surface area contributed by atoms with Crippen LogP contribution in [0.25, 0.3) is 0 Å². The van der Waals surface area contributed by atoms with E-state index in [9.17, 15) is 81.5 Å². The number of benzene rings is 1. The van der Waals surface area contributed by atoms with Crippen molar-refractivity contribution in [2.75, 3.05) is 65.8 Å². The Bertz CT molecular complexity index is 3040. The van der Waals surface area contributed by atoms with E-state index in [1.165, 1.54) is 0 Å². The van der Waals surface area contributed by atoms with Gasteiger partial charge in [0.25, 0.3) is 0 Å². The van der Waals surface area contributed by atoms with E-state index in [1.54, 1.807) is 30.3 Å². The molecule has 41 nitrogen and oxygen atoms in total. The molecule has 4 rings (SSSR count). The first kappa shape index (κ1) is 91.2. The number of hydrogen-bond donors (Lipinski definition) is 5. The Morgan fingerprint density at radius 3 is 0.881 bits per heavy atom. The van der Waals surface area contributed by atoms with Crippen LogP contribution in [0.1, 0.15) is 127 Å². The Kier molecular flexibility index (Phi) is 38.6. The van der Waals surface area contributed by atoms with Gasteiger partial charge in [-0.15, -0.1) is 0 Å². The molecule has 0 unspecified atom stereocenters. The van der Waals surface area contributed by atoms with Gasteiger partial charge in [0.2, 0.25) is 23.6 Å². The fourth-order valence-corrected chi connectivity index (χ4v) is 11.2. The van der Waals surface area contributed by atoms with Crippen LogP contribution in [0.3, 0.4) is 0 Å². The lowest BCUT2D eigenvalue weighted by molar-refractivity contribution is -0.307. The molecule has 5 N–H and O–H groups in total. The molecule has 608 valence electrons. The second-order valence-corrected chi connectivity index (χ2v) is 24.6. The van der Waals surface area contributed by atoms with Crippen molar-refractivity contribution in [3.8, 4) is 0 Å². The topological polar surface area (TPSA) is 526 Å². The van der Waals surface area contributed by atoms with E-state index in [0.29, 0.717) is 5.56 Å². The van der Waals surface area contributed by atoms with Crippen LogP contribution in [0.15, 0.2) is 30.3 Å². The van der Waals surface area contributed by atoms with Gasteiger partial charge in [-0.1, -0.05) is 30.3 Å². The van der Waals surface area contributed by atoms with E-state index in [0.717, 1.165) is 83.1 Å². The molecule has 0 aliphatic carbocycles. The monoisotopic (exact) mass is 1560 g/mol. The average Bonchev–Trinajstić information content (AvgIpc) is 0.803. The number of carbonyl (C=O) groups is 17. The SMILES string of the molecule is CC(=O)OC[C@H]1O[C@@H](OCCNC(=O)CCC(CCC(=O)NCCO[C@@H]2O[C@H](COC(C)=O)[C@@H](OC(C)=O)[C@H](OC(C)=O)[C@H]2OC(C)=O)(CCC(=O)NCCO[C@@H]2O[C@H](COC(C)=O)[C@@H](OC(C)=O)[C@H](OC(C)=O)[C@H]2OC(C)=O)NC(=O)CNC(=O)OCc2ccccc2)[C@H](OC(C)=O)[C@@H](OC(C)=O)[C@@H]1OC(C)=O. The molecule has 3 fully saturated rings. The summed E-state index contributed by atoms with van der Waals surface area (Å²) >= 11 is 0. The molecule has 0 bridgehead atoms. The predicted molar refractivity (Wildman–Crippen MR) is 356 cm³/mol. The van der Waals surface area contributed by atoms with Gasteiger partial charge in [0.1, 0.15) is 51.3 Å². The Hall–Kier alpha value is -10.2. The van der Waals surface area contributed by atoms with Crippen LogP contribution >= 0.6 is 0 Å². The molecule has 3 aliphatic rings. The summed E-state index contributed by atoms with van der Waals surface area (Å²) in [6.07, 6.45) is -27.0. The number of alkyl carbamates (subject to hydrolysis) is 1. The largest absolute Gasteiger partial charge is 0.463 e. The third-order valence-corrected chi connectivity index (χ3v) is 15.5. The quantitative estimate of drug-likeness (QED) is 0.0291. The lowest BCUT2D eigenvalue weighted by atomic mass is 9.83. The van der Waals surface area contributed by atoms with Crippen LogP contribution in [-0.2, 0) is 173 Å². The first-order chi connectivity index (χ1) is 51.4. The first-order valence-electron chi connectivity index (χ1n) is 34.3. The summed E-state index contributed by atoms with van der Waals surface area (Å²) in [6.45, 7) is 7.27. The van der Waals surface area contributed by atoms with E-state index in [1.807, 2.05) is 0 Å². The molecule has 109 heavy (non-hydrogen) atoms. The molecule has 3 aliphatic heterocycles. The van der Waals surface area contributed by atoms with Crippen LogP contribution in [0.4, 0.5) is 4.79 Å². The van der Waals surface area contributed by atoms with Crippen molar-refractivity contribution in [1.82, 2.24) is 26.6 Å². The second-order valence-electron chi connectivity index (χ2n) is 24.6. The van der Waals surface area contributed by atoms with Crippen LogP contribution in [0, 0.1) is 0 Å². The standard InChI is InChI=1S/C68H95N5O36/c1-35(74)94-32-48-55(98-38(4)77)58(101-41(7)80)61(104-44(10)83)64(107-48)91-27-24-69-51(86)18-21-68(73-54(89)30-72-67(90)97-31-47-16-14-13-15-17-47,22-19-52(87)70-25-28-92-65-62(105-45(11)84)59(102-42(8)81)56(99-39(5)78)49(108-65)33-95-36(2)75)23-20-53(88)71-26-29-93-66-63(106-46(12)85)60(103-43(9)82)57(100-40(6)79)50(109-66)34-96-37(3)76/h13-17,48-50,55-66H,18-34H2,1-12H3,(H,69,86)(H,70,87)(H,71,88)(H,72,90)(H,73,89)/t48-,49-,50-,55-,56-,57-,58+,59+,60+,61-,62-,63-,64-,65-,66-/m1/s1. The number of nitrogens with one attached hydrogen (secondary N) is 5. The summed E-state index contributed by atoms with van der Waals surface area (Å²) in [5, 5.41) is 13.0. The lowest BCUT2D eigenvalue weighted by Gasteiger charge is -2.44. The van der Waals surface area contributed by atoms with Gasteiger partial charge >= 0.3 is 77.7 Å². The van der Waals surface area contributed by atoms with Gasteiger partial charge in [-0.25, -0.2) is 4.79 Å². The smallest absolute Gasteiger partial charge is 0.407 e. The molecule has 3 heterocycles. The maximum atomic E-state index is 14.2. The minimum Gasteiger partial charge on any atom is -0.463 e. The second kappa shape index (κ2) is 46.2. The highest BCUT2D eigenvalue weighted by molar-refractivity contribution is 5.84. The number of hydrogen-bond acceptors (Lipinski definition) is 36. The fourth-order valence-electron chi connectivity index (χ4n) is 11.2. The van der Waals surface area contributed by atoms with Crippen molar-refractivity contribution in [3.63, 3.8) is 0 Å². The van der Waals surface area contributed by atoms with Gasteiger partial charge < -0.3 is 117 Å². The van der Waals surface area contributed by atoms with Gasteiger partial charge in [-0.2, -0.15) is 0 Å². The summed E-state index contributed by atoms with van der Waals surface area (Å²) in [5.74, 6) is -13.7. The molecule has 41 heteroatoms. The summed E-state index contributed by atoms with van der Waals surface area (Å²) in [7, 11) is 0. The molecule has 1 aromatic rings. The van der Waals surface area contributed by atoms with E-state index in [-0.39, 0.29) is 45.5 Å². The minimum atomic E-state index is -1.76. The first-order valence-corrected chi connectivity index (χ1v) is 34.3. The number of esters is 12. The van der Waals surface area contributed by atoms with Crippen LogP contribution < -0.4 is 26.6 Å². The molecule has 3 saturated heterocycles. The normalized spacial score (nSPS) is 23.5. The van der Waals surface area contributed by atoms with Gasteiger partial charge in [-0.05, 0) is 24.8 Å². The third kappa shape index (κ3) is 33.8. The zero-order chi connectivity index (χ0) is 81.1. The highest BCUT2D eigenvalue weighted by Crippen LogP contribution is 2.34. The summed E-state index contributed by atoms with van der Waals surface area (Å²) in [6, 6.07) is 8.49. The molecular formula is C68H95N5O36. The Morgan fingerprint density at radius 2 is 0.606 bits per heavy atom. The average molecular weight is 1560 g/mol. The summed E-state index contributed by atoms with van der Waals surface area (Å²) < 4.78 is 105. The van der Waals surface area contributed by atoms with Crippen molar-refractivity contribution in [1.29, 1.82) is 0 Å². The Labute approximate surface area is 625 Å². The highest BCUT2D eigenvalue weighted by Gasteiger charge is 2.56. The van der Waals surface area contributed by atoms with Crippen molar-refractivity contribution in [2.24, 2.45) is 0 Å². The maximum absolute atomic E-state index is 14.2. The number of ether oxygens (including phenoxy) is 19. The molecule has 0 saturated carbocycles. The van der Waals surface area contributed by atoms with Crippen LogP contribution in [0.5, 0.6) is 0 Å². The number of rotatable bonds is 41. The van der Waals surface area contributed by atoms with Crippen molar-refractivity contribution < 1.29 is 172 Å². The van der Waals surface area contributed by atoms with Gasteiger partial charge in [-0.3, -0.25) is 76.7 Å². The molecular weight excluding hydrogens is 1460 g/mol. The molecule has 1 aromatic carbocycles. The molecule has 0 aromatic heterocycles. The van der Waals surface area contributed by atoms with Crippen molar-refractivity contribution in [3.05, 3.63) is 35.9 Å². The van der Waals surface area contributed by atoms with Gasteiger partial charge in [0.05, 0.1) is 19.8 Å². The van der Waals surface area contributed by atoms with Crippen molar-refractivity contribution in [2.45, 2.75) is 226 Å². The zero-order valence-electron chi connectivity index (χ0n) is 62.3.